The normalized spacial score (nSPS) is 12.3. The van der Waals surface area contributed by atoms with Crippen LogP contribution in [0.4, 0.5) is 0 Å². The first-order chi connectivity index (χ1) is 8.24. The van der Waals surface area contributed by atoms with E-state index in [1.807, 2.05) is 30.3 Å². The smallest absolute Gasteiger partial charge is 0.306 e. The van der Waals surface area contributed by atoms with Crippen LogP contribution in [0.15, 0.2) is 30.3 Å². The van der Waals surface area contributed by atoms with Crippen molar-refractivity contribution < 1.29 is 9.90 Å². The average Bonchev–Trinajstić information content (AvgIpc) is 2.34. The van der Waals surface area contributed by atoms with Gasteiger partial charge in [0.25, 0.3) is 0 Å². The standard InChI is InChI=1S/C15H22O2/c1-2-3-4-8-11-14(15(16)17)12-13-9-6-5-7-10-13/h5-7,9-10,14H,2-4,8,11-12H2,1H3,(H,16,17). The molecule has 17 heavy (non-hydrogen) atoms. The molecule has 0 fully saturated rings. The monoisotopic (exact) mass is 234 g/mol. The lowest BCUT2D eigenvalue weighted by atomic mass is 9.94. The molecule has 1 atom stereocenters. The molecule has 0 saturated carbocycles. The molecule has 0 aliphatic rings. The van der Waals surface area contributed by atoms with Crippen molar-refractivity contribution in [2.24, 2.45) is 5.92 Å². The second kappa shape index (κ2) is 7.88. The van der Waals surface area contributed by atoms with Gasteiger partial charge in [-0.25, -0.2) is 0 Å². The molecule has 1 N–H and O–H groups in total. The Labute approximate surface area is 104 Å². The summed E-state index contributed by atoms with van der Waals surface area (Å²) >= 11 is 0. The number of aliphatic carboxylic acids is 1. The van der Waals surface area contributed by atoms with E-state index in [1.54, 1.807) is 0 Å². The molecule has 94 valence electrons. The van der Waals surface area contributed by atoms with E-state index in [0.717, 1.165) is 24.8 Å². The fraction of sp³-hybridized carbons (Fsp3) is 0.533. The van der Waals surface area contributed by atoms with Crippen LogP contribution in [-0.2, 0) is 11.2 Å². The van der Waals surface area contributed by atoms with Crippen LogP contribution < -0.4 is 0 Å². The zero-order chi connectivity index (χ0) is 12.5. The summed E-state index contributed by atoms with van der Waals surface area (Å²) < 4.78 is 0. The first-order valence-electron chi connectivity index (χ1n) is 6.50. The van der Waals surface area contributed by atoms with Crippen LogP contribution in [0.25, 0.3) is 0 Å². The molecular formula is C15H22O2. The zero-order valence-corrected chi connectivity index (χ0v) is 10.6. The number of unbranched alkanes of at least 4 members (excludes halogenated alkanes) is 3. The van der Waals surface area contributed by atoms with E-state index >= 15 is 0 Å². The van der Waals surface area contributed by atoms with Crippen LogP contribution in [0.5, 0.6) is 0 Å². The Morgan fingerprint density at radius 2 is 1.88 bits per heavy atom. The second-order valence-electron chi connectivity index (χ2n) is 4.57. The molecule has 0 aromatic heterocycles. The fourth-order valence-electron chi connectivity index (χ4n) is 2.03. The Morgan fingerprint density at radius 3 is 2.47 bits per heavy atom. The zero-order valence-electron chi connectivity index (χ0n) is 10.6. The molecule has 0 saturated heterocycles. The van der Waals surface area contributed by atoms with Crippen molar-refractivity contribution in [3.8, 4) is 0 Å². The molecule has 1 aromatic carbocycles. The van der Waals surface area contributed by atoms with Gasteiger partial charge in [-0.2, -0.15) is 0 Å². The second-order valence-corrected chi connectivity index (χ2v) is 4.57. The highest BCUT2D eigenvalue weighted by Crippen LogP contribution is 2.16. The van der Waals surface area contributed by atoms with Gasteiger partial charge in [0, 0.05) is 0 Å². The summed E-state index contributed by atoms with van der Waals surface area (Å²) in [6.45, 7) is 2.17. The largest absolute Gasteiger partial charge is 0.481 e. The third-order valence-electron chi connectivity index (χ3n) is 3.08. The van der Waals surface area contributed by atoms with E-state index in [-0.39, 0.29) is 5.92 Å². The Hall–Kier alpha value is -1.31. The van der Waals surface area contributed by atoms with Crippen molar-refractivity contribution >= 4 is 5.97 Å². The summed E-state index contributed by atoms with van der Waals surface area (Å²) in [5.74, 6) is -0.889. The molecular weight excluding hydrogens is 212 g/mol. The quantitative estimate of drug-likeness (QED) is 0.693. The van der Waals surface area contributed by atoms with E-state index in [4.69, 9.17) is 0 Å². The summed E-state index contributed by atoms with van der Waals surface area (Å²) in [5.41, 5.74) is 1.12. The number of hydrogen-bond donors (Lipinski definition) is 1. The molecule has 0 amide bonds. The summed E-state index contributed by atoms with van der Waals surface area (Å²) in [7, 11) is 0. The Kier molecular flexibility index (Phi) is 6.38. The lowest BCUT2D eigenvalue weighted by Crippen LogP contribution is -2.16. The van der Waals surface area contributed by atoms with E-state index in [9.17, 15) is 9.90 Å². The van der Waals surface area contributed by atoms with Crippen LogP contribution in [0, 0.1) is 5.92 Å². The Morgan fingerprint density at radius 1 is 1.18 bits per heavy atom. The average molecular weight is 234 g/mol. The Bertz CT molecular complexity index is 319. The summed E-state index contributed by atoms with van der Waals surface area (Å²) in [5, 5.41) is 9.19. The van der Waals surface area contributed by atoms with Gasteiger partial charge >= 0.3 is 5.97 Å². The molecule has 0 radical (unpaired) electrons. The van der Waals surface area contributed by atoms with Gasteiger partial charge < -0.3 is 5.11 Å². The number of carboxylic acids is 1. The van der Waals surface area contributed by atoms with Gasteiger partial charge in [-0.05, 0) is 18.4 Å². The van der Waals surface area contributed by atoms with Crippen molar-refractivity contribution in [2.45, 2.75) is 45.4 Å². The number of benzene rings is 1. The minimum Gasteiger partial charge on any atom is -0.481 e. The Balaban J connectivity index is 2.41. The fourth-order valence-corrected chi connectivity index (χ4v) is 2.03. The SMILES string of the molecule is CCCCCCC(Cc1ccccc1)C(=O)O. The molecule has 1 unspecified atom stereocenters. The molecule has 1 rings (SSSR count). The van der Waals surface area contributed by atoms with Gasteiger partial charge in [0.2, 0.25) is 0 Å². The molecule has 0 spiro atoms. The molecule has 2 heteroatoms. The van der Waals surface area contributed by atoms with Crippen molar-refractivity contribution in [1.29, 1.82) is 0 Å². The highest BCUT2D eigenvalue weighted by molar-refractivity contribution is 5.70. The minimum atomic E-state index is -0.662. The van der Waals surface area contributed by atoms with Crippen molar-refractivity contribution in [1.82, 2.24) is 0 Å². The van der Waals surface area contributed by atoms with Gasteiger partial charge in [-0.3, -0.25) is 4.79 Å². The predicted octanol–water partition coefficient (Wildman–Crippen LogP) is 3.90. The van der Waals surface area contributed by atoms with E-state index in [1.165, 1.54) is 12.8 Å². The van der Waals surface area contributed by atoms with Gasteiger partial charge in [-0.15, -0.1) is 0 Å². The molecule has 0 aliphatic carbocycles. The van der Waals surface area contributed by atoms with Crippen LogP contribution in [-0.4, -0.2) is 11.1 Å². The van der Waals surface area contributed by atoms with Gasteiger partial charge in [0.15, 0.2) is 0 Å². The lowest BCUT2D eigenvalue weighted by molar-refractivity contribution is -0.142. The molecule has 0 aliphatic heterocycles. The third-order valence-corrected chi connectivity index (χ3v) is 3.08. The van der Waals surface area contributed by atoms with E-state index in [0.29, 0.717) is 6.42 Å². The molecule has 0 heterocycles. The third kappa shape index (κ3) is 5.53. The van der Waals surface area contributed by atoms with E-state index < -0.39 is 5.97 Å². The molecule has 0 bridgehead atoms. The number of carbonyl (C=O) groups is 1. The molecule has 1 aromatic rings. The summed E-state index contributed by atoms with van der Waals surface area (Å²) in [4.78, 5) is 11.2. The van der Waals surface area contributed by atoms with Crippen molar-refractivity contribution in [2.75, 3.05) is 0 Å². The minimum absolute atomic E-state index is 0.228. The maximum atomic E-state index is 11.2. The summed E-state index contributed by atoms with van der Waals surface area (Å²) in [6, 6.07) is 9.89. The van der Waals surface area contributed by atoms with Gasteiger partial charge in [0.05, 0.1) is 5.92 Å². The highest BCUT2D eigenvalue weighted by atomic mass is 16.4. The summed E-state index contributed by atoms with van der Waals surface area (Å²) in [6.07, 6.45) is 6.02. The maximum absolute atomic E-state index is 11.2. The van der Waals surface area contributed by atoms with Crippen molar-refractivity contribution in [3.63, 3.8) is 0 Å². The van der Waals surface area contributed by atoms with Crippen LogP contribution in [0.1, 0.15) is 44.6 Å². The van der Waals surface area contributed by atoms with Crippen LogP contribution in [0.3, 0.4) is 0 Å². The van der Waals surface area contributed by atoms with E-state index in [2.05, 4.69) is 6.92 Å². The predicted molar refractivity (Wildman–Crippen MR) is 70.0 cm³/mol. The van der Waals surface area contributed by atoms with Gasteiger partial charge in [0.1, 0.15) is 0 Å². The first kappa shape index (κ1) is 13.8. The van der Waals surface area contributed by atoms with Crippen LogP contribution in [0.2, 0.25) is 0 Å². The number of rotatable bonds is 8. The first-order valence-corrected chi connectivity index (χ1v) is 6.50. The molecule has 2 nitrogen and oxygen atoms in total. The number of carboxylic acid groups (broad SMARTS) is 1. The van der Waals surface area contributed by atoms with Crippen molar-refractivity contribution in [3.05, 3.63) is 35.9 Å². The maximum Gasteiger partial charge on any atom is 0.306 e. The van der Waals surface area contributed by atoms with Crippen LogP contribution >= 0.6 is 0 Å². The van der Waals surface area contributed by atoms with Gasteiger partial charge in [-0.1, -0.05) is 62.9 Å². The lowest BCUT2D eigenvalue weighted by Gasteiger charge is -2.12. The number of hydrogen-bond acceptors (Lipinski definition) is 1. The topological polar surface area (TPSA) is 37.3 Å². The highest BCUT2D eigenvalue weighted by Gasteiger charge is 2.17.